The summed E-state index contributed by atoms with van der Waals surface area (Å²) in [5.74, 6) is -0.436. The molecule has 0 bridgehead atoms. The van der Waals surface area contributed by atoms with E-state index >= 15 is 0 Å². The molecular formula is C16H23NO4. The van der Waals surface area contributed by atoms with Gasteiger partial charge in [0.1, 0.15) is 6.04 Å². The lowest BCUT2D eigenvalue weighted by atomic mass is 10.1. The molecule has 1 amide bonds. The molecule has 5 heteroatoms. The third-order valence-electron chi connectivity index (χ3n) is 2.74. The zero-order chi connectivity index (χ0) is 15.5. The van der Waals surface area contributed by atoms with Gasteiger partial charge in [-0.05, 0) is 18.4 Å². The van der Waals surface area contributed by atoms with E-state index in [9.17, 15) is 9.59 Å². The maximum Gasteiger partial charge on any atom is 0.407 e. The van der Waals surface area contributed by atoms with E-state index in [0.717, 1.165) is 18.4 Å². The Morgan fingerprint density at radius 1 is 1.05 bits per heavy atom. The van der Waals surface area contributed by atoms with E-state index in [1.807, 2.05) is 44.2 Å². The predicted molar refractivity (Wildman–Crippen MR) is 80.0 cm³/mol. The number of ether oxygens (including phenoxy) is 2. The number of alkyl carbamates (subject to hydrolysis) is 1. The van der Waals surface area contributed by atoms with Crippen molar-refractivity contribution in [2.45, 2.75) is 39.2 Å². The van der Waals surface area contributed by atoms with Gasteiger partial charge in [-0.15, -0.1) is 0 Å². The van der Waals surface area contributed by atoms with Crippen LogP contribution in [0.3, 0.4) is 0 Å². The van der Waals surface area contributed by atoms with Crippen LogP contribution in [-0.4, -0.2) is 31.3 Å². The minimum atomic E-state index is -0.733. The second kappa shape index (κ2) is 9.80. The van der Waals surface area contributed by atoms with Gasteiger partial charge in [-0.3, -0.25) is 0 Å². The Morgan fingerprint density at radius 2 is 1.67 bits per heavy atom. The number of nitrogens with one attached hydrogen (secondary N) is 1. The van der Waals surface area contributed by atoms with Gasteiger partial charge in [0.25, 0.3) is 0 Å². The van der Waals surface area contributed by atoms with E-state index in [0.29, 0.717) is 19.6 Å². The van der Waals surface area contributed by atoms with Gasteiger partial charge in [0, 0.05) is 6.42 Å². The van der Waals surface area contributed by atoms with Crippen molar-refractivity contribution in [2.75, 3.05) is 13.2 Å². The van der Waals surface area contributed by atoms with Gasteiger partial charge in [-0.25, -0.2) is 9.59 Å². The first-order valence-corrected chi connectivity index (χ1v) is 7.31. The second-order valence-electron chi connectivity index (χ2n) is 4.69. The van der Waals surface area contributed by atoms with Crippen molar-refractivity contribution in [3.63, 3.8) is 0 Å². The van der Waals surface area contributed by atoms with Crippen molar-refractivity contribution >= 4 is 12.1 Å². The van der Waals surface area contributed by atoms with E-state index in [4.69, 9.17) is 9.47 Å². The van der Waals surface area contributed by atoms with Gasteiger partial charge >= 0.3 is 12.1 Å². The fraction of sp³-hybridized carbons (Fsp3) is 0.500. The van der Waals surface area contributed by atoms with Crippen LogP contribution < -0.4 is 5.32 Å². The van der Waals surface area contributed by atoms with Gasteiger partial charge in [0.05, 0.1) is 13.2 Å². The van der Waals surface area contributed by atoms with Gasteiger partial charge in [0.15, 0.2) is 0 Å². The van der Waals surface area contributed by atoms with Crippen molar-refractivity contribution in [3.05, 3.63) is 35.9 Å². The molecule has 1 rings (SSSR count). The highest BCUT2D eigenvalue weighted by atomic mass is 16.6. The lowest BCUT2D eigenvalue weighted by molar-refractivity contribution is -0.146. The Bertz CT molecular complexity index is 433. The number of hydrogen-bond acceptors (Lipinski definition) is 4. The summed E-state index contributed by atoms with van der Waals surface area (Å²) in [6.45, 7) is 4.50. The molecule has 0 aromatic heterocycles. The maximum atomic E-state index is 12.0. The van der Waals surface area contributed by atoms with E-state index < -0.39 is 18.1 Å². The summed E-state index contributed by atoms with van der Waals surface area (Å²) in [5.41, 5.74) is 0.951. The molecule has 0 heterocycles. The Balaban J connectivity index is 2.65. The van der Waals surface area contributed by atoms with Crippen LogP contribution in [0, 0.1) is 0 Å². The molecule has 1 aromatic rings. The van der Waals surface area contributed by atoms with E-state index in [1.165, 1.54) is 0 Å². The highest BCUT2D eigenvalue weighted by molar-refractivity contribution is 5.81. The smallest absolute Gasteiger partial charge is 0.407 e. The standard InChI is InChI=1S/C16H23NO4/c1-3-10-20-15(18)14(17-16(19)21-11-4-2)12-13-8-6-5-7-9-13/h5-9,14H,3-4,10-12H2,1-2H3,(H,17,19). The Kier molecular flexibility index (Phi) is 7.94. The molecule has 0 aliphatic carbocycles. The lowest BCUT2D eigenvalue weighted by Crippen LogP contribution is -2.43. The van der Waals surface area contributed by atoms with E-state index in [1.54, 1.807) is 0 Å². The molecule has 0 aliphatic rings. The molecule has 0 saturated carbocycles. The quantitative estimate of drug-likeness (QED) is 0.748. The summed E-state index contributed by atoms with van der Waals surface area (Å²) in [5, 5.41) is 2.57. The first-order valence-electron chi connectivity index (χ1n) is 7.31. The summed E-state index contributed by atoms with van der Waals surface area (Å²) < 4.78 is 10.1. The topological polar surface area (TPSA) is 64.6 Å². The second-order valence-corrected chi connectivity index (χ2v) is 4.69. The van der Waals surface area contributed by atoms with Crippen LogP contribution in [0.5, 0.6) is 0 Å². The van der Waals surface area contributed by atoms with Crippen LogP contribution in [0.2, 0.25) is 0 Å². The molecule has 1 aromatic carbocycles. The van der Waals surface area contributed by atoms with Crippen LogP contribution in [0.15, 0.2) is 30.3 Å². The SMILES string of the molecule is CCCOC(=O)NC(Cc1ccccc1)C(=O)OCCC. The molecule has 0 saturated heterocycles. The average molecular weight is 293 g/mol. The minimum Gasteiger partial charge on any atom is -0.464 e. The minimum absolute atomic E-state index is 0.327. The summed E-state index contributed by atoms with van der Waals surface area (Å²) in [6.07, 6.45) is 1.26. The molecule has 0 fully saturated rings. The number of benzene rings is 1. The largest absolute Gasteiger partial charge is 0.464 e. The van der Waals surface area contributed by atoms with Crippen LogP contribution >= 0.6 is 0 Å². The monoisotopic (exact) mass is 293 g/mol. The number of carbonyl (C=O) groups excluding carboxylic acids is 2. The fourth-order valence-corrected chi connectivity index (χ4v) is 1.73. The predicted octanol–water partition coefficient (Wildman–Crippen LogP) is 2.69. The highest BCUT2D eigenvalue weighted by Crippen LogP contribution is 2.05. The maximum absolute atomic E-state index is 12.0. The number of hydrogen-bond donors (Lipinski definition) is 1. The number of carbonyl (C=O) groups is 2. The van der Waals surface area contributed by atoms with Gasteiger partial charge < -0.3 is 14.8 Å². The number of rotatable bonds is 8. The Labute approximate surface area is 125 Å². The zero-order valence-corrected chi connectivity index (χ0v) is 12.6. The zero-order valence-electron chi connectivity index (χ0n) is 12.6. The Hall–Kier alpha value is -2.04. The first-order chi connectivity index (χ1) is 10.2. The molecule has 1 unspecified atom stereocenters. The lowest BCUT2D eigenvalue weighted by Gasteiger charge is -2.17. The van der Waals surface area contributed by atoms with Crippen molar-refractivity contribution in [3.8, 4) is 0 Å². The number of esters is 1. The first kappa shape index (κ1) is 17.0. The van der Waals surface area contributed by atoms with Gasteiger partial charge in [-0.1, -0.05) is 44.2 Å². The molecule has 116 valence electrons. The highest BCUT2D eigenvalue weighted by Gasteiger charge is 2.23. The molecule has 1 N–H and O–H groups in total. The summed E-state index contributed by atoms with van der Waals surface area (Å²) in [7, 11) is 0. The number of amides is 1. The van der Waals surface area contributed by atoms with Crippen molar-refractivity contribution < 1.29 is 19.1 Å². The van der Waals surface area contributed by atoms with Gasteiger partial charge in [-0.2, -0.15) is 0 Å². The van der Waals surface area contributed by atoms with Crippen molar-refractivity contribution in [2.24, 2.45) is 0 Å². The molecule has 5 nitrogen and oxygen atoms in total. The summed E-state index contributed by atoms with van der Waals surface area (Å²) in [6, 6.07) is 8.75. The van der Waals surface area contributed by atoms with Crippen LogP contribution in [0.25, 0.3) is 0 Å². The molecule has 0 aliphatic heterocycles. The molecular weight excluding hydrogens is 270 g/mol. The molecule has 1 atom stereocenters. The van der Waals surface area contributed by atoms with Crippen LogP contribution in [0.1, 0.15) is 32.3 Å². The normalized spacial score (nSPS) is 11.5. The summed E-state index contributed by atoms with van der Waals surface area (Å²) >= 11 is 0. The van der Waals surface area contributed by atoms with Crippen molar-refractivity contribution in [1.82, 2.24) is 5.32 Å². The third-order valence-corrected chi connectivity index (χ3v) is 2.74. The average Bonchev–Trinajstić information content (AvgIpc) is 2.51. The summed E-state index contributed by atoms with van der Waals surface area (Å²) in [4.78, 5) is 23.7. The third kappa shape index (κ3) is 6.79. The molecule has 0 radical (unpaired) electrons. The molecule has 0 spiro atoms. The van der Waals surface area contributed by atoms with E-state index in [2.05, 4.69) is 5.32 Å². The van der Waals surface area contributed by atoms with Crippen LogP contribution in [0.4, 0.5) is 4.79 Å². The van der Waals surface area contributed by atoms with E-state index in [-0.39, 0.29) is 0 Å². The Morgan fingerprint density at radius 3 is 2.29 bits per heavy atom. The fourth-order valence-electron chi connectivity index (χ4n) is 1.73. The van der Waals surface area contributed by atoms with Crippen LogP contribution in [-0.2, 0) is 20.7 Å². The molecule has 21 heavy (non-hydrogen) atoms. The van der Waals surface area contributed by atoms with Gasteiger partial charge in [0.2, 0.25) is 0 Å². The van der Waals surface area contributed by atoms with Crippen molar-refractivity contribution in [1.29, 1.82) is 0 Å².